The minimum atomic E-state index is -0.181. The highest BCUT2D eigenvalue weighted by molar-refractivity contribution is 7.98. The van der Waals surface area contributed by atoms with Crippen molar-refractivity contribution in [2.24, 2.45) is 0 Å². The first kappa shape index (κ1) is 17.4. The Hall–Kier alpha value is -3.00. The van der Waals surface area contributed by atoms with Gasteiger partial charge in [-0.05, 0) is 36.8 Å². The molecule has 0 spiro atoms. The highest BCUT2D eigenvalue weighted by Gasteiger charge is 2.16. The number of nitrogens with zero attached hydrogens (tertiary/aromatic N) is 2. The summed E-state index contributed by atoms with van der Waals surface area (Å²) in [5, 5.41) is 7.54. The van der Waals surface area contributed by atoms with Crippen molar-refractivity contribution in [1.29, 1.82) is 0 Å². The average molecular weight is 383 g/mol. The maximum Gasteiger partial charge on any atom is 0.254 e. The summed E-state index contributed by atoms with van der Waals surface area (Å²) in [7, 11) is 0. The van der Waals surface area contributed by atoms with Crippen LogP contribution in [0.4, 0.5) is 0 Å². The number of hydrogen-bond acceptors (Lipinski definition) is 7. The van der Waals surface area contributed by atoms with E-state index in [1.165, 1.54) is 11.8 Å². The fourth-order valence-electron chi connectivity index (χ4n) is 2.64. The van der Waals surface area contributed by atoms with Crippen molar-refractivity contribution in [2.45, 2.75) is 24.2 Å². The molecule has 3 heterocycles. The third-order valence-corrected chi connectivity index (χ3v) is 4.98. The van der Waals surface area contributed by atoms with Gasteiger partial charge in [-0.25, -0.2) is 4.98 Å². The molecule has 0 bridgehead atoms. The van der Waals surface area contributed by atoms with Crippen molar-refractivity contribution >= 4 is 17.7 Å². The summed E-state index contributed by atoms with van der Waals surface area (Å²) >= 11 is 1.45. The Labute approximate surface area is 160 Å². The summed E-state index contributed by atoms with van der Waals surface area (Å²) in [6.45, 7) is 2.46. The molecule has 0 radical (unpaired) electrons. The van der Waals surface area contributed by atoms with Gasteiger partial charge in [-0.15, -0.1) is 0 Å². The summed E-state index contributed by atoms with van der Waals surface area (Å²) in [6.07, 6.45) is 1.67. The molecule has 7 nitrogen and oxygen atoms in total. The van der Waals surface area contributed by atoms with Crippen LogP contribution in [0.25, 0.3) is 0 Å². The SMILES string of the molecule is Cc1cc(CSc2ncccc2C(=O)NCc2ccc3c(c2)OCO3)no1. The van der Waals surface area contributed by atoms with E-state index in [4.69, 9.17) is 14.0 Å². The van der Waals surface area contributed by atoms with Crippen molar-refractivity contribution in [3.63, 3.8) is 0 Å². The molecular formula is C19H17N3O4S. The van der Waals surface area contributed by atoms with Crippen LogP contribution < -0.4 is 14.8 Å². The Kier molecular flexibility index (Phi) is 4.97. The van der Waals surface area contributed by atoms with E-state index in [1.807, 2.05) is 31.2 Å². The van der Waals surface area contributed by atoms with Crippen LogP contribution in [0.2, 0.25) is 0 Å². The highest BCUT2D eigenvalue weighted by atomic mass is 32.2. The molecule has 138 valence electrons. The summed E-state index contributed by atoms with van der Waals surface area (Å²) in [4.78, 5) is 17.0. The minimum Gasteiger partial charge on any atom is -0.454 e. The summed E-state index contributed by atoms with van der Waals surface area (Å²) in [5.74, 6) is 2.57. The zero-order valence-corrected chi connectivity index (χ0v) is 15.4. The number of pyridine rings is 1. The molecule has 27 heavy (non-hydrogen) atoms. The number of rotatable bonds is 6. The predicted molar refractivity (Wildman–Crippen MR) is 98.8 cm³/mol. The molecule has 0 atom stereocenters. The first-order valence-electron chi connectivity index (χ1n) is 8.36. The molecule has 1 N–H and O–H groups in total. The van der Waals surface area contributed by atoms with E-state index < -0.39 is 0 Å². The van der Waals surface area contributed by atoms with Gasteiger partial charge >= 0.3 is 0 Å². The fraction of sp³-hybridized carbons (Fsp3) is 0.211. The summed E-state index contributed by atoms with van der Waals surface area (Å²) < 4.78 is 15.7. The molecule has 3 aromatic rings. The van der Waals surface area contributed by atoms with Crippen LogP contribution in [0.15, 0.2) is 52.1 Å². The van der Waals surface area contributed by atoms with Crippen LogP contribution in [-0.4, -0.2) is 22.8 Å². The monoisotopic (exact) mass is 383 g/mol. The first-order valence-corrected chi connectivity index (χ1v) is 9.34. The molecule has 8 heteroatoms. The van der Waals surface area contributed by atoms with Gasteiger partial charge in [-0.2, -0.15) is 0 Å². The van der Waals surface area contributed by atoms with Crippen molar-refractivity contribution < 1.29 is 18.8 Å². The Morgan fingerprint density at radius 2 is 2.11 bits per heavy atom. The van der Waals surface area contributed by atoms with Gasteiger partial charge in [0.25, 0.3) is 5.91 Å². The van der Waals surface area contributed by atoms with Gasteiger partial charge in [-0.1, -0.05) is 23.0 Å². The molecule has 0 fully saturated rings. The van der Waals surface area contributed by atoms with Crippen molar-refractivity contribution in [2.75, 3.05) is 6.79 Å². The maximum absolute atomic E-state index is 12.6. The van der Waals surface area contributed by atoms with Crippen molar-refractivity contribution in [1.82, 2.24) is 15.5 Å². The normalized spacial score (nSPS) is 12.2. The van der Waals surface area contributed by atoms with E-state index in [9.17, 15) is 4.79 Å². The second kappa shape index (κ2) is 7.71. The predicted octanol–water partition coefficient (Wildman–Crippen LogP) is 3.33. The maximum atomic E-state index is 12.6. The van der Waals surface area contributed by atoms with Crippen LogP contribution >= 0.6 is 11.8 Å². The fourth-order valence-corrected chi connectivity index (χ4v) is 3.51. The quantitative estimate of drug-likeness (QED) is 0.653. The molecule has 0 saturated carbocycles. The van der Waals surface area contributed by atoms with E-state index in [0.29, 0.717) is 28.6 Å². The average Bonchev–Trinajstić information content (AvgIpc) is 3.32. The van der Waals surface area contributed by atoms with Gasteiger partial charge in [-0.3, -0.25) is 4.79 Å². The number of fused-ring (bicyclic) bond motifs is 1. The first-order chi connectivity index (χ1) is 13.2. The Bertz CT molecular complexity index is 973. The van der Waals surface area contributed by atoms with Crippen molar-refractivity contribution in [3.05, 3.63) is 65.2 Å². The lowest BCUT2D eigenvalue weighted by atomic mass is 10.2. The molecule has 1 aliphatic heterocycles. The molecule has 4 rings (SSSR count). The molecule has 0 unspecified atom stereocenters. The Morgan fingerprint density at radius 3 is 2.96 bits per heavy atom. The van der Waals surface area contributed by atoms with Gasteiger partial charge in [0.1, 0.15) is 10.8 Å². The Balaban J connectivity index is 1.41. The number of hydrogen-bond donors (Lipinski definition) is 1. The highest BCUT2D eigenvalue weighted by Crippen LogP contribution is 2.32. The lowest BCUT2D eigenvalue weighted by Gasteiger charge is -2.09. The largest absolute Gasteiger partial charge is 0.454 e. The standard InChI is InChI=1S/C19H17N3O4S/c1-12-7-14(22-26-12)10-27-19-15(3-2-6-20-19)18(23)21-9-13-4-5-16-17(8-13)25-11-24-16/h2-8H,9-11H2,1H3,(H,21,23). The van der Waals surface area contributed by atoms with E-state index in [-0.39, 0.29) is 12.7 Å². The zero-order chi connectivity index (χ0) is 18.6. The van der Waals surface area contributed by atoms with Gasteiger partial charge in [0.15, 0.2) is 11.5 Å². The van der Waals surface area contributed by atoms with E-state index in [0.717, 1.165) is 22.8 Å². The lowest BCUT2D eigenvalue weighted by molar-refractivity contribution is 0.0947. The zero-order valence-electron chi connectivity index (χ0n) is 14.6. The van der Waals surface area contributed by atoms with Gasteiger partial charge in [0.05, 0.1) is 11.3 Å². The number of carbonyl (C=O) groups excluding carboxylic acids is 1. The molecular weight excluding hydrogens is 366 g/mol. The second-order valence-electron chi connectivity index (χ2n) is 5.94. The topological polar surface area (TPSA) is 86.5 Å². The molecule has 1 aliphatic rings. The molecule has 0 saturated heterocycles. The number of nitrogens with one attached hydrogen (secondary N) is 1. The van der Waals surface area contributed by atoms with E-state index in [1.54, 1.807) is 18.3 Å². The van der Waals surface area contributed by atoms with Crippen LogP contribution in [0.1, 0.15) is 27.4 Å². The second-order valence-corrected chi connectivity index (χ2v) is 6.91. The molecule has 1 aromatic carbocycles. The van der Waals surface area contributed by atoms with Gasteiger partial charge in [0.2, 0.25) is 6.79 Å². The smallest absolute Gasteiger partial charge is 0.254 e. The van der Waals surface area contributed by atoms with Crippen LogP contribution in [0, 0.1) is 6.92 Å². The van der Waals surface area contributed by atoms with Crippen LogP contribution in [-0.2, 0) is 12.3 Å². The number of ether oxygens (including phenoxy) is 2. The number of benzene rings is 1. The lowest BCUT2D eigenvalue weighted by Crippen LogP contribution is -2.23. The van der Waals surface area contributed by atoms with Crippen LogP contribution in [0.3, 0.4) is 0 Å². The van der Waals surface area contributed by atoms with Crippen LogP contribution in [0.5, 0.6) is 11.5 Å². The number of carbonyl (C=O) groups is 1. The summed E-state index contributed by atoms with van der Waals surface area (Å²) in [6, 6.07) is 11.0. The van der Waals surface area contributed by atoms with Crippen molar-refractivity contribution in [3.8, 4) is 11.5 Å². The molecule has 0 aliphatic carbocycles. The molecule has 2 aromatic heterocycles. The third-order valence-electron chi connectivity index (χ3n) is 3.94. The minimum absolute atomic E-state index is 0.181. The number of aromatic nitrogens is 2. The van der Waals surface area contributed by atoms with E-state index >= 15 is 0 Å². The molecule has 1 amide bonds. The number of thioether (sulfide) groups is 1. The Morgan fingerprint density at radius 1 is 1.22 bits per heavy atom. The number of amides is 1. The van der Waals surface area contributed by atoms with Gasteiger partial charge < -0.3 is 19.3 Å². The summed E-state index contributed by atoms with van der Waals surface area (Å²) in [5.41, 5.74) is 2.28. The van der Waals surface area contributed by atoms with E-state index in [2.05, 4.69) is 15.5 Å². The van der Waals surface area contributed by atoms with Gasteiger partial charge in [0, 0.05) is 24.6 Å². The third kappa shape index (κ3) is 4.06. The number of aryl methyl sites for hydroxylation is 1.